The van der Waals surface area contributed by atoms with E-state index in [9.17, 15) is 14.4 Å². The molecule has 1 amide bonds. The summed E-state index contributed by atoms with van der Waals surface area (Å²) < 4.78 is 13.1. The molecule has 10 nitrogen and oxygen atoms in total. The zero-order chi connectivity index (χ0) is 22.1. The van der Waals surface area contributed by atoms with Crippen molar-refractivity contribution in [1.29, 1.82) is 0 Å². The molecular weight excluding hydrogens is 414 g/mol. The highest BCUT2D eigenvalue weighted by Crippen LogP contribution is 2.34. The van der Waals surface area contributed by atoms with Crippen molar-refractivity contribution in [3.8, 4) is 22.9 Å². The molecule has 0 fully saturated rings. The Kier molecular flexibility index (Phi) is 4.86. The minimum atomic E-state index is -0.685. The first-order valence-corrected chi connectivity index (χ1v) is 9.77. The molecule has 4 heterocycles. The van der Waals surface area contributed by atoms with Crippen molar-refractivity contribution >= 4 is 11.6 Å². The SMILES string of the molecule is O=C(Cn1cccc2c(=O)n(Cc3ccncc3)c(=O)nc1-2)Nc1ccc2c(c1)OCO2. The van der Waals surface area contributed by atoms with Gasteiger partial charge in [0, 0.05) is 30.3 Å². The number of hydrogen-bond donors (Lipinski definition) is 1. The van der Waals surface area contributed by atoms with Gasteiger partial charge in [0.05, 0.1) is 12.1 Å². The highest BCUT2D eigenvalue weighted by molar-refractivity contribution is 5.91. The summed E-state index contributed by atoms with van der Waals surface area (Å²) in [6, 6.07) is 11.7. The molecule has 3 aliphatic heterocycles. The van der Waals surface area contributed by atoms with Crippen LogP contribution in [0.4, 0.5) is 5.69 Å². The summed E-state index contributed by atoms with van der Waals surface area (Å²) >= 11 is 0. The zero-order valence-corrected chi connectivity index (χ0v) is 16.7. The third-order valence-electron chi connectivity index (χ3n) is 5.01. The number of anilines is 1. The zero-order valence-electron chi connectivity index (χ0n) is 16.7. The van der Waals surface area contributed by atoms with Crippen molar-refractivity contribution in [1.82, 2.24) is 19.1 Å². The second kappa shape index (κ2) is 7.99. The Balaban J connectivity index is 1.41. The fourth-order valence-corrected chi connectivity index (χ4v) is 3.48. The lowest BCUT2D eigenvalue weighted by Gasteiger charge is -2.15. The standard InChI is InChI=1S/C22H17N5O5/c28-19(24-15-3-4-17-18(10-15)32-13-31-17)12-26-9-1-2-16-20(26)25-22(30)27(21(16)29)11-14-5-7-23-8-6-14/h1-10H,11-13H2,(H,24,28). The molecule has 3 aliphatic rings. The second-order valence-electron chi connectivity index (χ2n) is 7.13. The van der Waals surface area contributed by atoms with Crippen molar-refractivity contribution in [3.05, 3.63) is 87.5 Å². The topological polar surface area (TPSA) is 117 Å². The summed E-state index contributed by atoms with van der Waals surface area (Å²) in [5, 5.41) is 2.77. The van der Waals surface area contributed by atoms with Gasteiger partial charge in [-0.15, -0.1) is 0 Å². The Morgan fingerprint density at radius 1 is 1.06 bits per heavy atom. The summed E-state index contributed by atoms with van der Waals surface area (Å²) in [7, 11) is 0. The number of carbonyl (C=O) groups is 1. The van der Waals surface area contributed by atoms with Crippen molar-refractivity contribution < 1.29 is 14.3 Å². The predicted octanol–water partition coefficient (Wildman–Crippen LogP) is 1.32. The van der Waals surface area contributed by atoms with Gasteiger partial charge in [-0.05, 0) is 42.0 Å². The lowest BCUT2D eigenvalue weighted by molar-refractivity contribution is -0.116. The average Bonchev–Trinajstić information content (AvgIpc) is 3.26. The molecule has 32 heavy (non-hydrogen) atoms. The lowest BCUT2D eigenvalue weighted by Crippen LogP contribution is -2.38. The van der Waals surface area contributed by atoms with Crippen molar-refractivity contribution in [2.45, 2.75) is 13.1 Å². The molecule has 0 saturated heterocycles. The average molecular weight is 431 g/mol. The van der Waals surface area contributed by atoms with E-state index in [0.29, 0.717) is 17.2 Å². The van der Waals surface area contributed by atoms with Crippen LogP contribution in [0.1, 0.15) is 5.56 Å². The Bertz CT molecular complexity index is 1400. The van der Waals surface area contributed by atoms with Gasteiger partial charge in [0.1, 0.15) is 6.54 Å². The van der Waals surface area contributed by atoms with Gasteiger partial charge < -0.3 is 19.4 Å². The summed E-state index contributed by atoms with van der Waals surface area (Å²) in [5.41, 5.74) is 0.388. The number of aromatic nitrogens is 4. The predicted molar refractivity (Wildman–Crippen MR) is 114 cm³/mol. The molecule has 0 spiro atoms. The summed E-state index contributed by atoms with van der Waals surface area (Å²) in [5.74, 6) is 0.959. The number of pyridine rings is 2. The highest BCUT2D eigenvalue weighted by Gasteiger charge is 2.19. The number of carbonyl (C=O) groups excluding carboxylic acids is 1. The maximum Gasteiger partial charge on any atom is 0.352 e. The number of fused-ring (bicyclic) bond motifs is 2. The Labute approximate surface area is 181 Å². The van der Waals surface area contributed by atoms with E-state index in [2.05, 4.69) is 15.3 Å². The van der Waals surface area contributed by atoms with Crippen LogP contribution in [0.2, 0.25) is 0 Å². The van der Waals surface area contributed by atoms with Crippen LogP contribution >= 0.6 is 0 Å². The Morgan fingerprint density at radius 3 is 2.72 bits per heavy atom. The van der Waals surface area contributed by atoms with Gasteiger partial charge >= 0.3 is 5.69 Å². The van der Waals surface area contributed by atoms with E-state index in [1.165, 1.54) is 4.57 Å². The Hall–Kier alpha value is -4.47. The largest absolute Gasteiger partial charge is 0.454 e. The molecule has 1 aromatic carbocycles. The minimum absolute atomic E-state index is 0.0859. The van der Waals surface area contributed by atoms with Gasteiger partial charge in [0.25, 0.3) is 5.56 Å². The van der Waals surface area contributed by atoms with Crippen LogP contribution in [0, 0.1) is 0 Å². The van der Waals surface area contributed by atoms with Crippen LogP contribution in [-0.2, 0) is 17.9 Å². The van der Waals surface area contributed by atoms with Gasteiger partial charge in [-0.1, -0.05) is 0 Å². The van der Waals surface area contributed by atoms with E-state index in [-0.39, 0.29) is 37.2 Å². The molecule has 10 heteroatoms. The molecular formula is C22H17N5O5. The first kappa shape index (κ1) is 19.5. The van der Waals surface area contributed by atoms with Crippen LogP contribution < -0.4 is 26.0 Å². The van der Waals surface area contributed by atoms with Gasteiger partial charge in [-0.3, -0.25) is 19.1 Å². The van der Waals surface area contributed by atoms with Crippen LogP contribution in [0.25, 0.3) is 11.4 Å². The molecule has 1 N–H and O–H groups in total. The maximum atomic E-state index is 13.0. The number of benzene rings is 1. The van der Waals surface area contributed by atoms with E-state index in [1.54, 1.807) is 61.1 Å². The summed E-state index contributed by atoms with van der Waals surface area (Å²) in [4.78, 5) is 46.2. The molecule has 2 aromatic rings. The van der Waals surface area contributed by atoms with Crippen molar-refractivity contribution in [3.63, 3.8) is 0 Å². The fraction of sp³-hybridized carbons (Fsp3) is 0.136. The summed E-state index contributed by atoms with van der Waals surface area (Å²) in [6.45, 7) is 0.0924. The van der Waals surface area contributed by atoms with E-state index in [0.717, 1.165) is 10.1 Å². The molecule has 0 unspecified atom stereocenters. The van der Waals surface area contributed by atoms with Gasteiger partial charge in [0.15, 0.2) is 17.3 Å². The number of hydrogen-bond acceptors (Lipinski definition) is 7. The van der Waals surface area contributed by atoms with Crippen LogP contribution in [-0.4, -0.2) is 31.8 Å². The number of nitrogens with one attached hydrogen (secondary N) is 1. The maximum absolute atomic E-state index is 13.0. The van der Waals surface area contributed by atoms with E-state index < -0.39 is 11.2 Å². The molecule has 160 valence electrons. The van der Waals surface area contributed by atoms with E-state index in [4.69, 9.17) is 9.47 Å². The van der Waals surface area contributed by atoms with Gasteiger partial charge in [0.2, 0.25) is 12.7 Å². The highest BCUT2D eigenvalue weighted by atomic mass is 16.7. The monoisotopic (exact) mass is 431 g/mol. The molecule has 0 atom stereocenters. The third-order valence-corrected chi connectivity index (χ3v) is 5.01. The number of rotatable bonds is 5. The lowest BCUT2D eigenvalue weighted by atomic mass is 10.2. The van der Waals surface area contributed by atoms with Crippen molar-refractivity contribution in [2.24, 2.45) is 0 Å². The molecule has 0 radical (unpaired) electrons. The van der Waals surface area contributed by atoms with Crippen LogP contribution in [0.3, 0.4) is 0 Å². The Morgan fingerprint density at radius 2 is 1.88 bits per heavy atom. The minimum Gasteiger partial charge on any atom is -0.454 e. The number of ether oxygens (including phenoxy) is 2. The number of amides is 1. The van der Waals surface area contributed by atoms with Crippen molar-refractivity contribution in [2.75, 3.05) is 12.1 Å². The molecule has 5 rings (SSSR count). The second-order valence-corrected chi connectivity index (χ2v) is 7.13. The molecule has 0 bridgehead atoms. The number of nitrogens with zero attached hydrogens (tertiary/aromatic N) is 4. The van der Waals surface area contributed by atoms with Crippen LogP contribution in [0.15, 0.2) is 70.6 Å². The fourth-order valence-electron chi connectivity index (χ4n) is 3.48. The van der Waals surface area contributed by atoms with E-state index in [1.807, 2.05) is 0 Å². The first-order chi connectivity index (χ1) is 15.6. The van der Waals surface area contributed by atoms with Gasteiger partial charge in [-0.25, -0.2) is 4.79 Å². The van der Waals surface area contributed by atoms with Crippen LogP contribution in [0.5, 0.6) is 11.5 Å². The molecule has 1 aromatic heterocycles. The normalized spacial score (nSPS) is 12.1. The molecule has 0 saturated carbocycles. The smallest absolute Gasteiger partial charge is 0.352 e. The molecule has 0 aliphatic carbocycles. The first-order valence-electron chi connectivity index (χ1n) is 9.77. The third kappa shape index (κ3) is 3.69. The van der Waals surface area contributed by atoms with E-state index >= 15 is 0 Å². The quantitative estimate of drug-likeness (QED) is 0.506. The van der Waals surface area contributed by atoms with Gasteiger partial charge in [-0.2, -0.15) is 4.98 Å². The summed E-state index contributed by atoms with van der Waals surface area (Å²) in [6.07, 6.45) is 4.78.